The van der Waals surface area contributed by atoms with Crippen LogP contribution < -0.4 is 15.0 Å². The molecule has 28 heavy (non-hydrogen) atoms. The maximum absolute atomic E-state index is 5.27. The first-order chi connectivity index (χ1) is 13.6. The zero-order chi connectivity index (χ0) is 19.5. The van der Waals surface area contributed by atoms with E-state index in [0.717, 1.165) is 45.0 Å². The van der Waals surface area contributed by atoms with Gasteiger partial charge >= 0.3 is 0 Å². The molecule has 4 aromatic rings. The van der Waals surface area contributed by atoms with Gasteiger partial charge in [0.2, 0.25) is 0 Å². The third-order valence-electron chi connectivity index (χ3n) is 4.74. The van der Waals surface area contributed by atoms with Gasteiger partial charge in [0, 0.05) is 36.4 Å². The smallest absolute Gasteiger partial charge is 0.118 e. The van der Waals surface area contributed by atoms with Crippen LogP contribution in [0, 0.1) is 0 Å². The van der Waals surface area contributed by atoms with Gasteiger partial charge in [-0.25, -0.2) is 4.98 Å². The lowest BCUT2D eigenvalue weighted by atomic mass is 10.1. The molecule has 0 bridgehead atoms. The Kier molecular flexibility index (Phi) is 4.85. The summed E-state index contributed by atoms with van der Waals surface area (Å²) in [5, 5.41) is 4.68. The molecule has 0 saturated heterocycles. The van der Waals surface area contributed by atoms with Crippen LogP contribution in [0.4, 0.5) is 17.1 Å². The largest absolute Gasteiger partial charge is 0.497 e. The standard InChI is InChI=1S/C24H23N3O/c1-27(2)19-8-6-7-18(15-19)25-24-16-23(17-11-13-20(28-3)14-12-17)26-22-10-5-4-9-21(22)24/h4-16H,1-3H3,(H,25,26). The number of rotatable bonds is 5. The topological polar surface area (TPSA) is 37.4 Å². The van der Waals surface area contributed by atoms with Crippen LogP contribution in [-0.4, -0.2) is 26.2 Å². The second kappa shape index (κ2) is 7.61. The van der Waals surface area contributed by atoms with Gasteiger partial charge in [0.15, 0.2) is 0 Å². The molecule has 0 aliphatic carbocycles. The number of hydrogen-bond donors (Lipinski definition) is 1. The molecular weight excluding hydrogens is 346 g/mol. The normalized spacial score (nSPS) is 10.7. The third-order valence-corrected chi connectivity index (χ3v) is 4.74. The molecule has 0 amide bonds. The zero-order valence-electron chi connectivity index (χ0n) is 16.3. The Morgan fingerprint density at radius 1 is 0.857 bits per heavy atom. The Hall–Kier alpha value is -3.53. The fourth-order valence-corrected chi connectivity index (χ4v) is 3.21. The van der Waals surface area contributed by atoms with Gasteiger partial charge in [0.1, 0.15) is 5.75 Å². The van der Waals surface area contributed by atoms with Crippen LogP contribution in [0.3, 0.4) is 0 Å². The number of fused-ring (bicyclic) bond motifs is 1. The van der Waals surface area contributed by atoms with Crippen molar-refractivity contribution in [3.05, 3.63) is 78.9 Å². The van der Waals surface area contributed by atoms with Gasteiger partial charge in [-0.3, -0.25) is 0 Å². The monoisotopic (exact) mass is 369 g/mol. The number of aromatic nitrogens is 1. The second-order valence-corrected chi connectivity index (χ2v) is 6.87. The Bertz CT molecular complexity index is 1100. The molecular formula is C24H23N3O. The molecule has 0 aliphatic rings. The number of pyridine rings is 1. The molecule has 4 rings (SSSR count). The number of nitrogens with one attached hydrogen (secondary N) is 1. The van der Waals surface area contributed by atoms with Crippen molar-refractivity contribution in [1.82, 2.24) is 4.98 Å². The van der Waals surface area contributed by atoms with Gasteiger partial charge < -0.3 is 15.0 Å². The van der Waals surface area contributed by atoms with Crippen LogP contribution in [0.25, 0.3) is 22.2 Å². The van der Waals surface area contributed by atoms with Crippen LogP contribution in [0.2, 0.25) is 0 Å². The molecule has 140 valence electrons. The molecule has 1 aromatic heterocycles. The second-order valence-electron chi connectivity index (χ2n) is 6.87. The molecule has 1 heterocycles. The molecule has 0 unspecified atom stereocenters. The molecule has 0 aliphatic heterocycles. The zero-order valence-corrected chi connectivity index (χ0v) is 16.3. The summed E-state index contributed by atoms with van der Waals surface area (Å²) in [6, 6.07) is 26.7. The van der Waals surface area contributed by atoms with Gasteiger partial charge in [-0.2, -0.15) is 0 Å². The van der Waals surface area contributed by atoms with Crippen molar-refractivity contribution in [2.45, 2.75) is 0 Å². The van der Waals surface area contributed by atoms with Gasteiger partial charge in [-0.15, -0.1) is 0 Å². The molecule has 0 atom stereocenters. The Labute approximate surface area is 165 Å². The minimum atomic E-state index is 0.836. The number of ether oxygens (including phenoxy) is 1. The molecule has 0 spiro atoms. The van der Waals surface area contributed by atoms with E-state index in [-0.39, 0.29) is 0 Å². The van der Waals surface area contributed by atoms with Gasteiger partial charge in [0.05, 0.1) is 24.0 Å². The van der Waals surface area contributed by atoms with Crippen molar-refractivity contribution in [2.75, 3.05) is 31.4 Å². The lowest BCUT2D eigenvalue weighted by molar-refractivity contribution is 0.415. The number of nitrogens with zero attached hydrogens (tertiary/aromatic N) is 2. The summed E-state index contributed by atoms with van der Waals surface area (Å²) >= 11 is 0. The first-order valence-electron chi connectivity index (χ1n) is 9.23. The minimum Gasteiger partial charge on any atom is -0.497 e. The fourth-order valence-electron chi connectivity index (χ4n) is 3.21. The summed E-state index contributed by atoms with van der Waals surface area (Å²) in [6.45, 7) is 0. The number of anilines is 3. The summed E-state index contributed by atoms with van der Waals surface area (Å²) in [5.41, 5.74) is 6.17. The van der Waals surface area contributed by atoms with Crippen molar-refractivity contribution in [3.8, 4) is 17.0 Å². The van der Waals surface area contributed by atoms with Crippen LogP contribution >= 0.6 is 0 Å². The Morgan fingerprint density at radius 3 is 2.39 bits per heavy atom. The summed E-state index contributed by atoms with van der Waals surface area (Å²) in [4.78, 5) is 6.96. The van der Waals surface area contributed by atoms with E-state index in [4.69, 9.17) is 9.72 Å². The average Bonchev–Trinajstić information content (AvgIpc) is 2.74. The highest BCUT2D eigenvalue weighted by Crippen LogP contribution is 2.31. The van der Waals surface area contributed by atoms with E-state index in [1.165, 1.54) is 0 Å². The van der Waals surface area contributed by atoms with Crippen molar-refractivity contribution >= 4 is 28.0 Å². The van der Waals surface area contributed by atoms with E-state index in [1.807, 2.05) is 56.6 Å². The lowest BCUT2D eigenvalue weighted by Gasteiger charge is -2.16. The molecule has 3 aromatic carbocycles. The highest BCUT2D eigenvalue weighted by molar-refractivity contribution is 5.95. The quantitative estimate of drug-likeness (QED) is 0.488. The molecule has 0 fully saturated rings. The molecule has 4 nitrogen and oxygen atoms in total. The van der Waals surface area contributed by atoms with Crippen molar-refractivity contribution in [2.24, 2.45) is 0 Å². The molecule has 0 saturated carbocycles. The van der Waals surface area contributed by atoms with E-state index in [9.17, 15) is 0 Å². The first kappa shape index (κ1) is 17.9. The highest BCUT2D eigenvalue weighted by atomic mass is 16.5. The number of hydrogen-bond acceptors (Lipinski definition) is 4. The van der Waals surface area contributed by atoms with Gasteiger partial charge in [0.25, 0.3) is 0 Å². The van der Waals surface area contributed by atoms with E-state index in [0.29, 0.717) is 0 Å². The van der Waals surface area contributed by atoms with Crippen molar-refractivity contribution in [1.29, 1.82) is 0 Å². The van der Waals surface area contributed by atoms with Crippen LogP contribution in [0.5, 0.6) is 5.75 Å². The Morgan fingerprint density at radius 2 is 1.64 bits per heavy atom. The SMILES string of the molecule is COc1ccc(-c2cc(Nc3cccc(N(C)C)c3)c3ccccc3n2)cc1. The van der Waals surface area contributed by atoms with Crippen LogP contribution in [0.15, 0.2) is 78.9 Å². The lowest BCUT2D eigenvalue weighted by Crippen LogP contribution is -2.08. The highest BCUT2D eigenvalue weighted by Gasteiger charge is 2.09. The summed E-state index contributed by atoms with van der Waals surface area (Å²) < 4.78 is 5.27. The third kappa shape index (κ3) is 3.62. The predicted molar refractivity (Wildman–Crippen MR) is 118 cm³/mol. The van der Waals surface area contributed by atoms with Crippen molar-refractivity contribution in [3.63, 3.8) is 0 Å². The van der Waals surface area contributed by atoms with Gasteiger partial charge in [-0.1, -0.05) is 24.3 Å². The van der Waals surface area contributed by atoms with Crippen LogP contribution in [-0.2, 0) is 0 Å². The minimum absolute atomic E-state index is 0.836. The molecule has 0 radical (unpaired) electrons. The summed E-state index contributed by atoms with van der Waals surface area (Å²) in [7, 11) is 5.76. The maximum Gasteiger partial charge on any atom is 0.118 e. The van der Waals surface area contributed by atoms with Gasteiger partial charge in [-0.05, 0) is 54.6 Å². The fraction of sp³-hybridized carbons (Fsp3) is 0.125. The molecule has 4 heteroatoms. The summed E-state index contributed by atoms with van der Waals surface area (Å²) in [5.74, 6) is 0.836. The van der Waals surface area contributed by atoms with E-state index < -0.39 is 0 Å². The first-order valence-corrected chi connectivity index (χ1v) is 9.23. The maximum atomic E-state index is 5.27. The summed E-state index contributed by atoms with van der Waals surface area (Å²) in [6.07, 6.45) is 0. The van der Waals surface area contributed by atoms with Crippen LogP contribution in [0.1, 0.15) is 0 Å². The Balaban J connectivity index is 1.79. The van der Waals surface area contributed by atoms with Crippen molar-refractivity contribution < 1.29 is 4.74 Å². The number of methoxy groups -OCH3 is 1. The number of benzene rings is 3. The predicted octanol–water partition coefficient (Wildman–Crippen LogP) is 5.72. The van der Waals surface area contributed by atoms with E-state index in [2.05, 4.69) is 46.6 Å². The van der Waals surface area contributed by atoms with E-state index >= 15 is 0 Å². The average molecular weight is 369 g/mol. The molecule has 1 N–H and O–H groups in total. The van der Waals surface area contributed by atoms with E-state index in [1.54, 1.807) is 7.11 Å². The number of para-hydroxylation sites is 1.